The number of nitrogens with one attached hydrogen (secondary N) is 1. The van der Waals surface area contributed by atoms with Gasteiger partial charge in [0.25, 0.3) is 0 Å². The molecular formula is C18H24N4OS. The Morgan fingerprint density at radius 3 is 2.92 bits per heavy atom. The van der Waals surface area contributed by atoms with Gasteiger partial charge in [-0.2, -0.15) is 0 Å². The Bertz CT molecular complexity index is 671. The van der Waals surface area contributed by atoms with Crippen molar-refractivity contribution < 1.29 is 4.79 Å². The fraction of sp³-hybridized carbons (Fsp3) is 0.444. The van der Waals surface area contributed by atoms with Crippen LogP contribution in [0.25, 0.3) is 10.6 Å². The first kappa shape index (κ1) is 16.9. The van der Waals surface area contributed by atoms with Gasteiger partial charge in [-0.15, -0.1) is 11.3 Å². The molecule has 1 aromatic heterocycles. The number of likely N-dealkylation sites (tertiary alicyclic amines) is 1. The molecule has 2 amide bonds. The van der Waals surface area contributed by atoms with Crippen LogP contribution in [-0.4, -0.2) is 54.5 Å². The molecule has 1 fully saturated rings. The molecule has 1 saturated heterocycles. The standard InChI is InChI=1S/C18H24N4OS/c1-21(2)11-14-8-9-22(12-14)18(23)19-10-16-13-24-17(20-16)15-6-4-3-5-7-15/h3-7,13-14H,8-12H2,1-2H3,(H,19,23)/t14-/m1/s1. The van der Waals surface area contributed by atoms with E-state index >= 15 is 0 Å². The highest BCUT2D eigenvalue weighted by Crippen LogP contribution is 2.23. The molecule has 0 bridgehead atoms. The lowest BCUT2D eigenvalue weighted by Gasteiger charge is -2.18. The summed E-state index contributed by atoms with van der Waals surface area (Å²) in [6.45, 7) is 3.21. The number of urea groups is 1. The van der Waals surface area contributed by atoms with E-state index < -0.39 is 0 Å². The lowest BCUT2D eigenvalue weighted by molar-refractivity contribution is 0.205. The normalized spacial score (nSPS) is 17.5. The van der Waals surface area contributed by atoms with E-state index in [1.54, 1.807) is 11.3 Å². The van der Waals surface area contributed by atoms with E-state index in [-0.39, 0.29) is 6.03 Å². The monoisotopic (exact) mass is 344 g/mol. The molecule has 0 unspecified atom stereocenters. The van der Waals surface area contributed by atoms with E-state index in [0.29, 0.717) is 12.5 Å². The zero-order valence-corrected chi connectivity index (χ0v) is 15.1. The lowest BCUT2D eigenvalue weighted by atomic mass is 10.1. The van der Waals surface area contributed by atoms with Crippen molar-refractivity contribution in [2.75, 3.05) is 33.7 Å². The highest BCUT2D eigenvalue weighted by molar-refractivity contribution is 7.13. The lowest BCUT2D eigenvalue weighted by Crippen LogP contribution is -2.38. The van der Waals surface area contributed by atoms with E-state index in [0.717, 1.165) is 42.3 Å². The molecule has 0 spiro atoms. The van der Waals surface area contributed by atoms with Crippen LogP contribution in [0.3, 0.4) is 0 Å². The van der Waals surface area contributed by atoms with Gasteiger partial charge < -0.3 is 15.1 Å². The largest absolute Gasteiger partial charge is 0.332 e. The van der Waals surface area contributed by atoms with Gasteiger partial charge in [0.2, 0.25) is 0 Å². The Balaban J connectivity index is 1.50. The van der Waals surface area contributed by atoms with Gasteiger partial charge in [-0.05, 0) is 26.4 Å². The number of nitrogens with zero attached hydrogens (tertiary/aromatic N) is 3. The summed E-state index contributed by atoms with van der Waals surface area (Å²) in [6, 6.07) is 10.1. The number of aromatic nitrogens is 1. The van der Waals surface area contributed by atoms with Crippen molar-refractivity contribution in [2.24, 2.45) is 5.92 Å². The summed E-state index contributed by atoms with van der Waals surface area (Å²) in [5.41, 5.74) is 2.03. The van der Waals surface area contributed by atoms with Gasteiger partial charge in [-0.3, -0.25) is 0 Å². The third kappa shape index (κ3) is 4.33. The average Bonchev–Trinajstić information content (AvgIpc) is 3.22. The summed E-state index contributed by atoms with van der Waals surface area (Å²) in [4.78, 5) is 21.0. The number of carbonyl (C=O) groups is 1. The second-order valence-electron chi connectivity index (χ2n) is 6.53. The number of carbonyl (C=O) groups excluding carboxylic acids is 1. The first-order chi connectivity index (χ1) is 11.6. The van der Waals surface area contributed by atoms with Gasteiger partial charge in [-0.25, -0.2) is 9.78 Å². The second-order valence-corrected chi connectivity index (χ2v) is 7.39. The zero-order valence-electron chi connectivity index (χ0n) is 14.2. The van der Waals surface area contributed by atoms with Gasteiger partial charge in [0.15, 0.2) is 0 Å². The van der Waals surface area contributed by atoms with Crippen molar-refractivity contribution in [2.45, 2.75) is 13.0 Å². The van der Waals surface area contributed by atoms with E-state index in [1.165, 1.54) is 0 Å². The fourth-order valence-electron chi connectivity index (χ4n) is 3.06. The number of rotatable bonds is 5. The van der Waals surface area contributed by atoms with E-state index in [1.807, 2.05) is 28.5 Å². The van der Waals surface area contributed by atoms with Crippen LogP contribution in [0.2, 0.25) is 0 Å². The summed E-state index contributed by atoms with van der Waals surface area (Å²) in [5.74, 6) is 0.578. The Labute approximate surface area is 147 Å². The molecular weight excluding hydrogens is 320 g/mol. The van der Waals surface area contributed by atoms with Crippen molar-refractivity contribution in [3.8, 4) is 10.6 Å². The smallest absolute Gasteiger partial charge is 0.317 e. The topological polar surface area (TPSA) is 48.5 Å². The van der Waals surface area contributed by atoms with Crippen molar-refractivity contribution in [1.29, 1.82) is 0 Å². The van der Waals surface area contributed by atoms with Crippen LogP contribution < -0.4 is 5.32 Å². The van der Waals surface area contributed by atoms with Crippen molar-refractivity contribution in [1.82, 2.24) is 20.1 Å². The highest BCUT2D eigenvalue weighted by atomic mass is 32.1. The van der Waals surface area contributed by atoms with Gasteiger partial charge in [-0.1, -0.05) is 30.3 Å². The summed E-state index contributed by atoms with van der Waals surface area (Å²) < 4.78 is 0. The maximum atomic E-state index is 12.3. The predicted octanol–water partition coefficient (Wildman–Crippen LogP) is 2.90. The molecule has 1 aromatic carbocycles. The molecule has 128 valence electrons. The van der Waals surface area contributed by atoms with Crippen LogP contribution in [0, 0.1) is 5.92 Å². The van der Waals surface area contributed by atoms with E-state index in [9.17, 15) is 4.79 Å². The molecule has 2 heterocycles. The molecule has 1 aliphatic heterocycles. The Kier molecular flexibility index (Phi) is 5.48. The summed E-state index contributed by atoms with van der Waals surface area (Å²) >= 11 is 1.61. The first-order valence-corrected chi connectivity index (χ1v) is 9.17. The van der Waals surface area contributed by atoms with Crippen molar-refractivity contribution in [3.63, 3.8) is 0 Å². The Morgan fingerprint density at radius 1 is 1.38 bits per heavy atom. The molecule has 0 aliphatic carbocycles. The summed E-state index contributed by atoms with van der Waals surface area (Å²) in [5, 5.41) is 6.01. The molecule has 24 heavy (non-hydrogen) atoms. The predicted molar refractivity (Wildman–Crippen MR) is 98.0 cm³/mol. The quantitative estimate of drug-likeness (QED) is 0.907. The number of hydrogen-bond acceptors (Lipinski definition) is 4. The number of hydrogen-bond donors (Lipinski definition) is 1. The van der Waals surface area contributed by atoms with Gasteiger partial charge in [0.1, 0.15) is 5.01 Å². The maximum Gasteiger partial charge on any atom is 0.317 e. The molecule has 5 nitrogen and oxygen atoms in total. The van der Waals surface area contributed by atoms with Crippen LogP contribution in [0.1, 0.15) is 12.1 Å². The van der Waals surface area contributed by atoms with Crippen LogP contribution in [0.15, 0.2) is 35.7 Å². The fourth-order valence-corrected chi connectivity index (χ4v) is 3.89. The number of thiazole rings is 1. The second kappa shape index (κ2) is 7.77. The van der Waals surface area contributed by atoms with E-state index in [4.69, 9.17) is 0 Å². The van der Waals surface area contributed by atoms with E-state index in [2.05, 4.69) is 41.4 Å². The van der Waals surface area contributed by atoms with Gasteiger partial charge >= 0.3 is 6.03 Å². The highest BCUT2D eigenvalue weighted by Gasteiger charge is 2.26. The molecule has 1 aliphatic rings. The first-order valence-electron chi connectivity index (χ1n) is 8.29. The van der Waals surface area contributed by atoms with Gasteiger partial charge in [0, 0.05) is 30.6 Å². The minimum Gasteiger partial charge on any atom is -0.332 e. The Hall–Kier alpha value is -1.92. The van der Waals surface area contributed by atoms with Crippen molar-refractivity contribution >= 4 is 17.4 Å². The summed E-state index contributed by atoms with van der Waals surface area (Å²) in [7, 11) is 4.16. The van der Waals surface area contributed by atoms with Crippen LogP contribution in [-0.2, 0) is 6.54 Å². The zero-order chi connectivity index (χ0) is 16.9. The maximum absolute atomic E-state index is 12.3. The number of benzene rings is 1. The minimum atomic E-state index is 0.0190. The Morgan fingerprint density at radius 2 is 2.17 bits per heavy atom. The van der Waals surface area contributed by atoms with Crippen LogP contribution >= 0.6 is 11.3 Å². The molecule has 2 aromatic rings. The summed E-state index contributed by atoms with van der Waals surface area (Å²) in [6.07, 6.45) is 1.08. The minimum absolute atomic E-state index is 0.0190. The van der Waals surface area contributed by atoms with Gasteiger partial charge in [0.05, 0.1) is 12.2 Å². The molecule has 1 N–H and O–H groups in total. The molecule has 1 atom stereocenters. The number of amides is 2. The molecule has 0 radical (unpaired) electrons. The average molecular weight is 344 g/mol. The molecule has 6 heteroatoms. The van der Waals surface area contributed by atoms with Crippen LogP contribution in [0.4, 0.5) is 4.79 Å². The SMILES string of the molecule is CN(C)C[C@H]1CCN(C(=O)NCc2csc(-c3ccccc3)n2)C1. The molecule has 0 saturated carbocycles. The third-order valence-electron chi connectivity index (χ3n) is 4.19. The molecule has 3 rings (SSSR count). The van der Waals surface area contributed by atoms with Crippen LogP contribution in [0.5, 0.6) is 0 Å². The third-order valence-corrected chi connectivity index (χ3v) is 5.13. The van der Waals surface area contributed by atoms with Crippen molar-refractivity contribution in [3.05, 3.63) is 41.4 Å².